The summed E-state index contributed by atoms with van der Waals surface area (Å²) in [7, 11) is 1.95. The molecule has 2 heterocycles. The molecule has 0 radical (unpaired) electrons. The molecule has 1 atom stereocenters. The Hall–Kier alpha value is -2.60. The van der Waals surface area contributed by atoms with Crippen LogP contribution in [0, 0.1) is 5.92 Å². The molecule has 0 aliphatic carbocycles. The number of esters is 2. The maximum absolute atomic E-state index is 12.3. The van der Waals surface area contributed by atoms with E-state index in [-0.39, 0.29) is 24.9 Å². The maximum atomic E-state index is 12.3. The van der Waals surface area contributed by atoms with Crippen molar-refractivity contribution in [1.82, 2.24) is 4.57 Å². The van der Waals surface area contributed by atoms with Crippen molar-refractivity contribution in [3.05, 3.63) is 41.6 Å². The van der Waals surface area contributed by atoms with Crippen molar-refractivity contribution in [2.45, 2.75) is 25.9 Å². The number of aliphatic hydroxyl groups excluding tert-OH is 1. The van der Waals surface area contributed by atoms with E-state index in [1.807, 2.05) is 42.1 Å². The summed E-state index contributed by atoms with van der Waals surface area (Å²) in [5, 5.41) is 10.8. The van der Waals surface area contributed by atoms with Gasteiger partial charge in [-0.3, -0.25) is 4.79 Å². The lowest BCUT2D eigenvalue weighted by Gasteiger charge is -2.24. The summed E-state index contributed by atoms with van der Waals surface area (Å²) < 4.78 is 12.6. The number of nitrogens with zero attached hydrogens (tertiary/aromatic N) is 1. The lowest BCUT2D eigenvalue weighted by molar-refractivity contribution is -0.168. The molecule has 1 N–H and O–H groups in total. The summed E-state index contributed by atoms with van der Waals surface area (Å²) in [6.45, 7) is 2.89. The van der Waals surface area contributed by atoms with Crippen molar-refractivity contribution in [3.63, 3.8) is 0 Å². The smallest absolute Gasteiger partial charge is 0.334 e. The fourth-order valence-electron chi connectivity index (χ4n) is 3.09. The first-order valence-corrected chi connectivity index (χ1v) is 8.61. The van der Waals surface area contributed by atoms with E-state index >= 15 is 0 Å². The van der Waals surface area contributed by atoms with E-state index in [9.17, 15) is 14.7 Å². The molecule has 138 valence electrons. The van der Waals surface area contributed by atoms with Gasteiger partial charge in [0.25, 0.3) is 0 Å². The third kappa shape index (κ3) is 3.37. The maximum Gasteiger partial charge on any atom is 0.334 e. The molecule has 0 bridgehead atoms. The van der Waals surface area contributed by atoms with E-state index < -0.39 is 18.2 Å². The van der Waals surface area contributed by atoms with Gasteiger partial charge in [0.1, 0.15) is 6.61 Å². The zero-order chi connectivity index (χ0) is 18.9. The van der Waals surface area contributed by atoms with Crippen molar-refractivity contribution in [1.29, 1.82) is 0 Å². The van der Waals surface area contributed by atoms with Crippen molar-refractivity contribution < 1.29 is 24.2 Å². The van der Waals surface area contributed by atoms with Crippen LogP contribution < -0.4 is 0 Å². The summed E-state index contributed by atoms with van der Waals surface area (Å²) in [6.07, 6.45) is 3.92. The molecule has 1 aromatic heterocycles. The molecule has 1 aliphatic heterocycles. The highest BCUT2D eigenvalue weighted by Crippen LogP contribution is 2.34. The summed E-state index contributed by atoms with van der Waals surface area (Å²) in [5.41, 5.74) is 1.21. The van der Waals surface area contributed by atoms with E-state index in [1.54, 1.807) is 19.9 Å². The highest BCUT2D eigenvalue weighted by Gasteiger charge is 2.44. The second-order valence-electron chi connectivity index (χ2n) is 7.05. The standard InChI is InChI=1S/C20H23NO5/c1-13(2)18(23)25-12-20(11-22)9-14(19(24)26-20)8-15-10-21(3)17-7-5-4-6-16(15)17/h4-8,10,13,22H,9,11-12H2,1-3H3/b14-8+. The average Bonchev–Trinajstić information content (AvgIpc) is 3.11. The average molecular weight is 357 g/mol. The predicted octanol–water partition coefficient (Wildman–Crippen LogP) is 2.44. The molecular formula is C20H23NO5. The van der Waals surface area contributed by atoms with Crippen LogP contribution in [0.4, 0.5) is 0 Å². The highest BCUT2D eigenvalue weighted by molar-refractivity contribution is 5.99. The SMILES string of the molecule is CC(C)C(=O)OCC1(CO)C/C(=C\c2cn(C)c3ccccc23)C(=O)O1. The van der Waals surface area contributed by atoms with Crippen LogP contribution in [0.15, 0.2) is 36.0 Å². The minimum Gasteiger partial charge on any atom is -0.461 e. The minimum atomic E-state index is -1.21. The molecule has 3 rings (SSSR count). The Morgan fingerprint density at radius 3 is 2.85 bits per heavy atom. The molecule has 0 spiro atoms. The third-order valence-electron chi connectivity index (χ3n) is 4.58. The molecule has 6 nitrogen and oxygen atoms in total. The molecule has 1 unspecified atom stereocenters. The van der Waals surface area contributed by atoms with Crippen molar-refractivity contribution in [3.8, 4) is 0 Å². The Kier molecular flexibility index (Phi) is 4.87. The minimum absolute atomic E-state index is 0.154. The number of fused-ring (bicyclic) bond motifs is 1. The molecule has 6 heteroatoms. The van der Waals surface area contributed by atoms with Crippen LogP contribution in [-0.4, -0.2) is 40.4 Å². The van der Waals surface area contributed by atoms with Crippen LogP contribution in [0.2, 0.25) is 0 Å². The van der Waals surface area contributed by atoms with Gasteiger partial charge in [-0.25, -0.2) is 4.79 Å². The first-order chi connectivity index (χ1) is 12.3. The van der Waals surface area contributed by atoms with Crippen LogP contribution in [0.1, 0.15) is 25.8 Å². The molecule has 1 aliphatic rings. The Labute approximate surface area is 152 Å². The number of rotatable bonds is 5. The fourth-order valence-corrected chi connectivity index (χ4v) is 3.09. The van der Waals surface area contributed by atoms with Gasteiger partial charge in [0.05, 0.1) is 12.5 Å². The van der Waals surface area contributed by atoms with Crippen molar-refractivity contribution >= 4 is 28.9 Å². The summed E-state index contributed by atoms with van der Waals surface area (Å²) >= 11 is 0. The Morgan fingerprint density at radius 2 is 2.15 bits per heavy atom. The van der Waals surface area contributed by atoms with E-state index in [0.717, 1.165) is 16.5 Å². The number of carbonyl (C=O) groups is 2. The zero-order valence-electron chi connectivity index (χ0n) is 15.2. The first kappa shape index (κ1) is 18.2. The largest absolute Gasteiger partial charge is 0.461 e. The van der Waals surface area contributed by atoms with Gasteiger partial charge in [-0.15, -0.1) is 0 Å². The second-order valence-corrected chi connectivity index (χ2v) is 7.05. The zero-order valence-corrected chi connectivity index (χ0v) is 15.2. The third-order valence-corrected chi connectivity index (χ3v) is 4.58. The van der Waals surface area contributed by atoms with Crippen LogP contribution in [0.3, 0.4) is 0 Å². The second kappa shape index (κ2) is 6.96. The number of hydrogen-bond acceptors (Lipinski definition) is 5. The molecule has 1 aromatic carbocycles. The Bertz CT molecular complexity index is 879. The van der Waals surface area contributed by atoms with Gasteiger partial charge in [-0.1, -0.05) is 32.0 Å². The van der Waals surface area contributed by atoms with E-state index in [2.05, 4.69) is 0 Å². The molecule has 26 heavy (non-hydrogen) atoms. The van der Waals surface area contributed by atoms with Crippen molar-refractivity contribution in [2.75, 3.05) is 13.2 Å². The summed E-state index contributed by atoms with van der Waals surface area (Å²) in [6, 6.07) is 7.91. The van der Waals surface area contributed by atoms with Gasteiger partial charge in [-0.05, 0) is 12.1 Å². The Balaban J connectivity index is 1.86. The number of aryl methyl sites for hydroxylation is 1. The van der Waals surface area contributed by atoms with Crippen LogP contribution >= 0.6 is 0 Å². The van der Waals surface area contributed by atoms with Crippen LogP contribution in [0.5, 0.6) is 0 Å². The van der Waals surface area contributed by atoms with Crippen LogP contribution in [-0.2, 0) is 26.1 Å². The molecule has 0 amide bonds. The monoisotopic (exact) mass is 357 g/mol. The van der Waals surface area contributed by atoms with Gasteiger partial charge < -0.3 is 19.1 Å². The first-order valence-electron chi connectivity index (χ1n) is 8.61. The van der Waals surface area contributed by atoms with E-state index in [1.165, 1.54) is 0 Å². The summed E-state index contributed by atoms with van der Waals surface area (Å²) in [4.78, 5) is 24.0. The number of cyclic esters (lactones) is 1. The molecule has 1 saturated heterocycles. The van der Waals surface area contributed by atoms with E-state index in [0.29, 0.717) is 5.57 Å². The molecule has 2 aromatic rings. The lowest BCUT2D eigenvalue weighted by Crippen LogP contribution is -2.39. The van der Waals surface area contributed by atoms with Gasteiger partial charge in [0.2, 0.25) is 0 Å². The van der Waals surface area contributed by atoms with Crippen molar-refractivity contribution in [2.24, 2.45) is 13.0 Å². The molecule has 0 saturated carbocycles. The summed E-state index contributed by atoms with van der Waals surface area (Å²) in [5.74, 6) is -1.17. The van der Waals surface area contributed by atoms with Gasteiger partial charge >= 0.3 is 11.9 Å². The van der Waals surface area contributed by atoms with Gasteiger partial charge in [-0.2, -0.15) is 0 Å². The van der Waals surface area contributed by atoms with E-state index in [4.69, 9.17) is 9.47 Å². The Morgan fingerprint density at radius 1 is 1.42 bits per heavy atom. The normalized spacial score (nSPS) is 21.6. The number of aliphatic hydroxyl groups is 1. The van der Waals surface area contributed by atoms with Gasteiger partial charge in [0, 0.05) is 41.7 Å². The number of hydrogen-bond donors (Lipinski definition) is 1. The predicted molar refractivity (Wildman–Crippen MR) is 97.2 cm³/mol. The molecular weight excluding hydrogens is 334 g/mol. The quantitative estimate of drug-likeness (QED) is 0.657. The van der Waals surface area contributed by atoms with Crippen LogP contribution in [0.25, 0.3) is 17.0 Å². The topological polar surface area (TPSA) is 77.8 Å². The van der Waals surface area contributed by atoms with Gasteiger partial charge in [0.15, 0.2) is 5.60 Å². The lowest BCUT2D eigenvalue weighted by atomic mass is 9.98. The fraction of sp³-hybridized carbons (Fsp3) is 0.400. The number of carbonyl (C=O) groups excluding carboxylic acids is 2. The number of para-hydroxylation sites is 1. The number of ether oxygens (including phenoxy) is 2. The highest BCUT2D eigenvalue weighted by atomic mass is 16.6. The number of benzene rings is 1. The molecule has 1 fully saturated rings. The number of aromatic nitrogens is 1.